The molecule has 38 heavy (non-hydrogen) atoms. The fraction of sp³-hybridized carbons (Fsp3) is 0.357. The number of benzene rings is 1. The number of anilines is 1. The number of hydrogen-bond acceptors (Lipinski definition) is 5. The van der Waals surface area contributed by atoms with E-state index in [0.29, 0.717) is 34.8 Å². The van der Waals surface area contributed by atoms with Gasteiger partial charge in [0.15, 0.2) is 5.13 Å². The molecule has 3 aromatic heterocycles. The van der Waals surface area contributed by atoms with E-state index in [4.69, 9.17) is 0 Å². The van der Waals surface area contributed by atoms with Crippen LogP contribution < -0.4 is 4.90 Å². The van der Waals surface area contributed by atoms with Gasteiger partial charge in [0.05, 0.1) is 6.42 Å². The van der Waals surface area contributed by atoms with Crippen molar-refractivity contribution < 1.29 is 23.5 Å². The molecule has 0 bridgehead atoms. The number of fused-ring (bicyclic) bond motifs is 1. The molecule has 1 aliphatic carbocycles. The van der Waals surface area contributed by atoms with Gasteiger partial charge in [0.2, 0.25) is 11.0 Å². The third-order valence-electron chi connectivity index (χ3n) is 7.31. The third-order valence-corrected chi connectivity index (χ3v) is 8.23. The molecule has 10 heteroatoms. The number of carboxylic acid groups (broad SMARTS) is 1. The second-order valence-electron chi connectivity index (χ2n) is 9.95. The lowest BCUT2D eigenvalue weighted by atomic mass is 9.90. The van der Waals surface area contributed by atoms with Crippen molar-refractivity contribution in [3.8, 4) is 22.4 Å². The first kappa shape index (κ1) is 26.0. The average Bonchev–Trinajstić information content (AvgIpc) is 3.63. The number of aromatic nitrogens is 3. The number of rotatable bonds is 8. The molecule has 0 unspecified atom stereocenters. The second kappa shape index (κ2) is 10.6. The van der Waals surface area contributed by atoms with Crippen LogP contribution in [0.3, 0.4) is 0 Å². The fourth-order valence-corrected chi connectivity index (χ4v) is 6.14. The standard InChI is InChI=1S/C28H28F2N4O3S/c1-33-10-9-17-12-19(15-31-26(17)33)21-8-7-20(29)14-22(21)24-25(30)38-28(32-24)34(2)27(37)18(13-23(35)36)11-16-5-3-4-6-16/h7-10,12,14-16,18H,3-6,11,13H2,1-2H3,(H,35,36)/t18-/m1/s1. The van der Waals surface area contributed by atoms with Crippen molar-refractivity contribution >= 4 is 39.4 Å². The van der Waals surface area contributed by atoms with Gasteiger partial charge in [-0.15, -0.1) is 0 Å². The number of amides is 1. The van der Waals surface area contributed by atoms with Crippen molar-refractivity contribution in [2.24, 2.45) is 18.9 Å². The van der Waals surface area contributed by atoms with E-state index in [1.165, 1.54) is 24.1 Å². The zero-order valence-corrected chi connectivity index (χ0v) is 22.0. The summed E-state index contributed by atoms with van der Waals surface area (Å²) in [7, 11) is 3.37. The number of pyridine rings is 1. The van der Waals surface area contributed by atoms with Crippen LogP contribution in [0.25, 0.3) is 33.4 Å². The minimum absolute atomic E-state index is 0.0714. The summed E-state index contributed by atoms with van der Waals surface area (Å²) in [4.78, 5) is 34.9. The largest absolute Gasteiger partial charge is 0.481 e. The van der Waals surface area contributed by atoms with E-state index in [9.17, 15) is 19.1 Å². The molecule has 1 N–H and O–H groups in total. The van der Waals surface area contributed by atoms with Crippen LogP contribution >= 0.6 is 11.3 Å². The summed E-state index contributed by atoms with van der Waals surface area (Å²) in [6, 6.07) is 7.90. The van der Waals surface area contributed by atoms with Gasteiger partial charge in [-0.05, 0) is 42.2 Å². The first-order chi connectivity index (χ1) is 18.2. The third kappa shape index (κ3) is 5.18. The maximum Gasteiger partial charge on any atom is 0.304 e. The number of aliphatic carboxylic acids is 1. The lowest BCUT2D eigenvalue weighted by Gasteiger charge is -2.23. The summed E-state index contributed by atoms with van der Waals surface area (Å²) in [6.45, 7) is 0. The van der Waals surface area contributed by atoms with Gasteiger partial charge in [-0.1, -0.05) is 43.1 Å². The topological polar surface area (TPSA) is 88.3 Å². The van der Waals surface area contributed by atoms with E-state index >= 15 is 4.39 Å². The number of carbonyl (C=O) groups is 2. The number of halogens is 2. The second-order valence-corrected chi connectivity index (χ2v) is 10.9. The normalized spacial score (nSPS) is 14.7. The van der Waals surface area contributed by atoms with E-state index in [0.717, 1.165) is 36.7 Å². The van der Waals surface area contributed by atoms with E-state index in [1.807, 2.05) is 29.9 Å². The Morgan fingerprint density at radius 2 is 1.95 bits per heavy atom. The van der Waals surface area contributed by atoms with Gasteiger partial charge in [0, 0.05) is 48.9 Å². The van der Waals surface area contributed by atoms with Crippen LogP contribution in [0.1, 0.15) is 38.5 Å². The van der Waals surface area contributed by atoms with Crippen molar-refractivity contribution in [3.63, 3.8) is 0 Å². The molecule has 1 amide bonds. The van der Waals surface area contributed by atoms with E-state index in [1.54, 1.807) is 12.3 Å². The number of thiazole rings is 1. The molecule has 1 atom stereocenters. The Labute approximate surface area is 222 Å². The lowest BCUT2D eigenvalue weighted by molar-refractivity contribution is -0.140. The Kier molecular flexibility index (Phi) is 7.25. The Bertz CT molecular complexity index is 1510. The van der Waals surface area contributed by atoms with Gasteiger partial charge in [-0.3, -0.25) is 14.5 Å². The summed E-state index contributed by atoms with van der Waals surface area (Å²) in [6.07, 6.45) is 7.86. The molecule has 0 aliphatic heterocycles. The highest BCUT2D eigenvalue weighted by Gasteiger charge is 2.31. The van der Waals surface area contributed by atoms with Gasteiger partial charge in [0.1, 0.15) is 17.2 Å². The molecule has 0 spiro atoms. The van der Waals surface area contributed by atoms with Crippen LogP contribution in [0.5, 0.6) is 0 Å². The van der Waals surface area contributed by atoms with Crippen LogP contribution in [-0.4, -0.2) is 38.6 Å². The predicted octanol–water partition coefficient (Wildman–Crippen LogP) is 6.28. The number of nitrogens with zero attached hydrogens (tertiary/aromatic N) is 4. The molecule has 0 saturated heterocycles. The Morgan fingerprint density at radius 3 is 2.68 bits per heavy atom. The molecule has 3 heterocycles. The molecule has 1 fully saturated rings. The molecule has 5 rings (SSSR count). The number of hydrogen-bond donors (Lipinski definition) is 1. The van der Waals surface area contributed by atoms with Crippen LogP contribution in [0.2, 0.25) is 0 Å². The molecular weight excluding hydrogens is 510 g/mol. The fourth-order valence-electron chi connectivity index (χ4n) is 5.37. The summed E-state index contributed by atoms with van der Waals surface area (Å²) < 4.78 is 31.6. The highest BCUT2D eigenvalue weighted by Crippen LogP contribution is 2.39. The lowest BCUT2D eigenvalue weighted by Crippen LogP contribution is -2.35. The molecular formula is C28H28F2N4O3S. The molecule has 7 nitrogen and oxygen atoms in total. The van der Waals surface area contributed by atoms with E-state index in [2.05, 4.69) is 9.97 Å². The molecule has 4 aromatic rings. The number of carboxylic acids is 1. The summed E-state index contributed by atoms with van der Waals surface area (Å²) in [5.41, 5.74) is 2.19. The van der Waals surface area contributed by atoms with Crippen LogP contribution in [0.15, 0.2) is 42.7 Å². The van der Waals surface area contributed by atoms with Gasteiger partial charge >= 0.3 is 5.97 Å². The Morgan fingerprint density at radius 1 is 1.18 bits per heavy atom. The van der Waals surface area contributed by atoms with Crippen LogP contribution in [-0.2, 0) is 16.6 Å². The average molecular weight is 539 g/mol. The first-order valence-electron chi connectivity index (χ1n) is 12.6. The number of aryl methyl sites for hydroxylation is 1. The SMILES string of the molecule is CN(C(=O)[C@@H](CC(=O)O)CC1CCCC1)c1nc(-c2cc(F)ccc2-c2cnc3c(ccn3C)c2)c(F)s1. The van der Waals surface area contributed by atoms with Crippen molar-refractivity contribution in [2.75, 3.05) is 11.9 Å². The van der Waals surface area contributed by atoms with Gasteiger partial charge < -0.3 is 9.67 Å². The van der Waals surface area contributed by atoms with Gasteiger partial charge in [-0.2, -0.15) is 4.39 Å². The first-order valence-corrected chi connectivity index (χ1v) is 13.4. The van der Waals surface area contributed by atoms with Crippen molar-refractivity contribution in [2.45, 2.75) is 38.5 Å². The van der Waals surface area contributed by atoms with Gasteiger partial charge in [0.25, 0.3) is 0 Å². The molecule has 1 saturated carbocycles. The smallest absolute Gasteiger partial charge is 0.304 e. The zero-order chi connectivity index (χ0) is 27.0. The van der Waals surface area contributed by atoms with Crippen molar-refractivity contribution in [3.05, 3.63) is 53.7 Å². The highest BCUT2D eigenvalue weighted by atomic mass is 32.1. The highest BCUT2D eigenvalue weighted by molar-refractivity contribution is 7.14. The minimum Gasteiger partial charge on any atom is -0.481 e. The number of carbonyl (C=O) groups excluding carboxylic acids is 1. The zero-order valence-electron chi connectivity index (χ0n) is 21.2. The maximum absolute atomic E-state index is 15.3. The van der Waals surface area contributed by atoms with E-state index in [-0.39, 0.29) is 22.8 Å². The summed E-state index contributed by atoms with van der Waals surface area (Å²) in [5.74, 6) is -2.41. The van der Waals surface area contributed by atoms with Crippen LogP contribution in [0, 0.1) is 22.8 Å². The van der Waals surface area contributed by atoms with Crippen molar-refractivity contribution in [1.29, 1.82) is 0 Å². The quantitative estimate of drug-likeness (QED) is 0.285. The Balaban J connectivity index is 1.48. The van der Waals surface area contributed by atoms with Gasteiger partial charge in [-0.25, -0.2) is 14.4 Å². The Hall–Kier alpha value is -3.66. The van der Waals surface area contributed by atoms with E-state index < -0.39 is 28.7 Å². The minimum atomic E-state index is -1.05. The predicted molar refractivity (Wildman–Crippen MR) is 143 cm³/mol. The molecule has 198 valence electrons. The summed E-state index contributed by atoms with van der Waals surface area (Å²) in [5, 5.41) is 9.72. The molecule has 1 aliphatic rings. The van der Waals surface area contributed by atoms with Crippen LogP contribution in [0.4, 0.5) is 13.9 Å². The van der Waals surface area contributed by atoms with Crippen molar-refractivity contribution in [1.82, 2.24) is 14.5 Å². The monoisotopic (exact) mass is 538 g/mol. The molecule has 0 radical (unpaired) electrons. The molecule has 1 aromatic carbocycles. The summed E-state index contributed by atoms with van der Waals surface area (Å²) >= 11 is 0.679. The maximum atomic E-state index is 15.3.